The third-order valence-corrected chi connectivity index (χ3v) is 8.47. The number of aromatic nitrogens is 1. The van der Waals surface area contributed by atoms with Crippen molar-refractivity contribution >= 4 is 38.9 Å². The predicted molar refractivity (Wildman–Crippen MR) is 130 cm³/mol. The van der Waals surface area contributed by atoms with Crippen molar-refractivity contribution in [2.45, 2.75) is 38.5 Å². The quantitative estimate of drug-likeness (QED) is 0.215. The molecule has 4 aliphatic rings. The van der Waals surface area contributed by atoms with Gasteiger partial charge in [-0.2, -0.15) is 5.10 Å². The van der Waals surface area contributed by atoms with Crippen LogP contribution in [0.1, 0.15) is 44.1 Å². The third kappa shape index (κ3) is 3.88. The lowest BCUT2D eigenvalue weighted by atomic mass is 9.49. The first-order valence-electron chi connectivity index (χ1n) is 11.7. The average molecular weight is 462 g/mol. The minimum Gasteiger partial charge on any atom is -0.493 e. The number of ether oxygens (including phenoxy) is 2. The molecule has 4 aliphatic carbocycles. The molecule has 3 aromatic rings. The van der Waals surface area contributed by atoms with Crippen molar-refractivity contribution in [3.63, 3.8) is 0 Å². The van der Waals surface area contributed by atoms with E-state index in [9.17, 15) is 4.79 Å². The van der Waals surface area contributed by atoms with Crippen LogP contribution < -0.4 is 14.9 Å². The van der Waals surface area contributed by atoms with Crippen LogP contribution in [0.3, 0.4) is 0 Å². The molecule has 0 radical (unpaired) electrons. The van der Waals surface area contributed by atoms with Crippen LogP contribution in [0.15, 0.2) is 47.6 Å². The summed E-state index contributed by atoms with van der Waals surface area (Å²) in [5.74, 6) is 3.05. The average Bonchev–Trinajstić information content (AvgIpc) is 3.22. The highest BCUT2D eigenvalue weighted by atomic mass is 32.1. The van der Waals surface area contributed by atoms with Crippen LogP contribution >= 0.6 is 11.3 Å². The van der Waals surface area contributed by atoms with Gasteiger partial charge in [0.25, 0.3) is 0 Å². The number of fused-ring (bicyclic) bond motifs is 1. The molecule has 0 amide bonds. The topological polar surface area (TPSA) is 72.8 Å². The van der Waals surface area contributed by atoms with Crippen LogP contribution in [-0.2, 0) is 4.79 Å². The van der Waals surface area contributed by atoms with Gasteiger partial charge in [0, 0.05) is 0 Å². The summed E-state index contributed by atoms with van der Waals surface area (Å²) in [6, 6.07) is 13.5. The molecule has 4 bridgehead atoms. The summed E-state index contributed by atoms with van der Waals surface area (Å²) < 4.78 is 12.6. The van der Waals surface area contributed by atoms with Gasteiger partial charge in [0.2, 0.25) is 5.13 Å². The Kier molecular flexibility index (Phi) is 5.09. The molecule has 1 heterocycles. The number of esters is 1. The molecule has 2 aromatic carbocycles. The van der Waals surface area contributed by atoms with Crippen LogP contribution in [0, 0.1) is 23.2 Å². The van der Waals surface area contributed by atoms with Gasteiger partial charge in [0.05, 0.1) is 29.0 Å². The van der Waals surface area contributed by atoms with Crippen molar-refractivity contribution in [1.82, 2.24) is 4.98 Å². The van der Waals surface area contributed by atoms with Gasteiger partial charge in [-0.3, -0.25) is 10.2 Å². The zero-order chi connectivity index (χ0) is 22.4. The maximum atomic E-state index is 13.3. The van der Waals surface area contributed by atoms with E-state index in [4.69, 9.17) is 9.47 Å². The number of methoxy groups -OCH3 is 1. The number of thiazole rings is 1. The standard InChI is InChI=1S/C26H27N3O3S/c1-31-22-11-16(15-27-29-25-28-20-4-2-3-5-23(20)33-25)6-7-21(22)32-24(30)26-12-17-8-18(13-26)10-19(9-17)14-26/h2-7,11,15,17-19H,8-10,12-14H2,1H3,(H,28,29)/b27-15-. The maximum absolute atomic E-state index is 13.3. The van der Waals surface area contributed by atoms with Gasteiger partial charge in [-0.1, -0.05) is 23.5 Å². The zero-order valence-electron chi connectivity index (χ0n) is 18.6. The number of nitrogens with zero attached hydrogens (tertiary/aromatic N) is 2. The maximum Gasteiger partial charge on any atom is 0.317 e. The second-order valence-electron chi connectivity index (χ2n) is 9.85. The number of hydrogen-bond donors (Lipinski definition) is 1. The molecule has 0 atom stereocenters. The van der Waals surface area contributed by atoms with Crippen molar-refractivity contribution in [2.24, 2.45) is 28.3 Å². The van der Waals surface area contributed by atoms with E-state index >= 15 is 0 Å². The number of rotatable bonds is 6. The van der Waals surface area contributed by atoms with Crippen molar-refractivity contribution in [3.8, 4) is 11.5 Å². The van der Waals surface area contributed by atoms with Crippen molar-refractivity contribution in [3.05, 3.63) is 48.0 Å². The molecule has 4 saturated carbocycles. The Labute approximate surface area is 197 Å². The van der Waals surface area contributed by atoms with E-state index in [1.807, 2.05) is 36.4 Å². The minimum absolute atomic E-state index is 0.0705. The summed E-state index contributed by atoms with van der Waals surface area (Å²) in [5.41, 5.74) is 4.49. The molecule has 4 fully saturated rings. The lowest BCUT2D eigenvalue weighted by Gasteiger charge is -2.55. The molecule has 0 spiro atoms. The molecular weight excluding hydrogens is 434 g/mol. The van der Waals surface area contributed by atoms with E-state index in [1.54, 1.807) is 30.7 Å². The van der Waals surface area contributed by atoms with Gasteiger partial charge in [0.1, 0.15) is 0 Å². The first kappa shape index (κ1) is 20.7. The Morgan fingerprint density at radius 3 is 2.52 bits per heavy atom. The molecule has 0 aliphatic heterocycles. The normalized spacial score (nSPS) is 27.8. The molecule has 1 N–H and O–H groups in total. The summed E-state index contributed by atoms with van der Waals surface area (Å²) in [7, 11) is 1.59. The fraction of sp³-hybridized carbons (Fsp3) is 0.423. The number of anilines is 1. The molecule has 7 rings (SSSR count). The minimum atomic E-state index is -0.291. The van der Waals surface area contributed by atoms with Crippen molar-refractivity contribution in [2.75, 3.05) is 12.5 Å². The molecule has 170 valence electrons. The molecular formula is C26H27N3O3S. The number of hydrazone groups is 1. The number of carbonyl (C=O) groups excluding carboxylic acids is 1. The number of para-hydroxylation sites is 1. The second-order valence-corrected chi connectivity index (χ2v) is 10.9. The summed E-state index contributed by atoms with van der Waals surface area (Å²) in [6.45, 7) is 0. The van der Waals surface area contributed by atoms with E-state index < -0.39 is 0 Å². The van der Waals surface area contributed by atoms with Gasteiger partial charge in [-0.15, -0.1) is 0 Å². The van der Waals surface area contributed by atoms with Crippen LogP contribution in [-0.4, -0.2) is 24.3 Å². The van der Waals surface area contributed by atoms with E-state index in [0.29, 0.717) is 29.3 Å². The first-order valence-corrected chi connectivity index (χ1v) is 12.5. The SMILES string of the molecule is COc1cc(/C=N\Nc2nc3ccccc3s2)ccc1OC(=O)C12CC3CC(CC(C3)C1)C2. The molecule has 6 nitrogen and oxygen atoms in total. The number of carbonyl (C=O) groups is 1. The van der Waals surface area contributed by atoms with E-state index in [2.05, 4.69) is 15.5 Å². The number of hydrogen-bond acceptors (Lipinski definition) is 7. The summed E-state index contributed by atoms with van der Waals surface area (Å²) in [6.07, 6.45) is 8.57. The predicted octanol–water partition coefficient (Wildman–Crippen LogP) is 5.87. The first-order chi connectivity index (χ1) is 16.1. The molecule has 0 saturated heterocycles. The van der Waals surface area contributed by atoms with Gasteiger partial charge in [-0.05, 0) is 92.2 Å². The van der Waals surface area contributed by atoms with Crippen LogP contribution in [0.25, 0.3) is 10.2 Å². The summed E-state index contributed by atoms with van der Waals surface area (Å²) >= 11 is 1.55. The fourth-order valence-electron chi connectivity index (χ4n) is 6.50. The third-order valence-electron chi connectivity index (χ3n) is 7.53. The zero-order valence-corrected chi connectivity index (χ0v) is 19.4. The highest BCUT2D eigenvalue weighted by Gasteiger charge is 2.55. The summed E-state index contributed by atoms with van der Waals surface area (Å²) in [4.78, 5) is 17.8. The van der Waals surface area contributed by atoms with Crippen LogP contribution in [0.4, 0.5) is 5.13 Å². The lowest BCUT2D eigenvalue weighted by molar-refractivity contribution is -0.161. The van der Waals surface area contributed by atoms with E-state index in [-0.39, 0.29) is 11.4 Å². The monoisotopic (exact) mass is 461 g/mol. The lowest BCUT2D eigenvalue weighted by Crippen LogP contribution is -2.51. The van der Waals surface area contributed by atoms with Crippen molar-refractivity contribution in [1.29, 1.82) is 0 Å². The smallest absolute Gasteiger partial charge is 0.317 e. The van der Waals surface area contributed by atoms with Gasteiger partial charge in [-0.25, -0.2) is 4.98 Å². The summed E-state index contributed by atoms with van der Waals surface area (Å²) in [5, 5.41) is 5.05. The van der Waals surface area contributed by atoms with Gasteiger partial charge < -0.3 is 9.47 Å². The molecule has 33 heavy (non-hydrogen) atoms. The second kappa shape index (κ2) is 8.13. The Bertz CT molecular complexity index is 1170. The Hall–Kier alpha value is -2.93. The van der Waals surface area contributed by atoms with E-state index in [0.717, 1.165) is 40.2 Å². The Morgan fingerprint density at radius 1 is 1.09 bits per heavy atom. The van der Waals surface area contributed by atoms with Gasteiger partial charge in [0.15, 0.2) is 11.5 Å². The van der Waals surface area contributed by atoms with Crippen LogP contribution in [0.5, 0.6) is 11.5 Å². The van der Waals surface area contributed by atoms with Crippen LogP contribution in [0.2, 0.25) is 0 Å². The highest BCUT2D eigenvalue weighted by molar-refractivity contribution is 7.22. The number of nitrogens with one attached hydrogen (secondary N) is 1. The molecule has 0 unspecified atom stereocenters. The molecule has 1 aromatic heterocycles. The van der Waals surface area contributed by atoms with Gasteiger partial charge >= 0.3 is 5.97 Å². The Morgan fingerprint density at radius 2 is 1.82 bits per heavy atom. The largest absolute Gasteiger partial charge is 0.493 e. The Balaban J connectivity index is 1.15. The number of benzene rings is 2. The van der Waals surface area contributed by atoms with E-state index in [1.165, 1.54) is 19.3 Å². The highest BCUT2D eigenvalue weighted by Crippen LogP contribution is 2.60. The fourth-order valence-corrected chi connectivity index (χ4v) is 7.32. The van der Waals surface area contributed by atoms with Crippen molar-refractivity contribution < 1.29 is 14.3 Å². The molecule has 7 heteroatoms.